The molecule has 2 atom stereocenters. The van der Waals surface area contributed by atoms with Gasteiger partial charge >= 0.3 is 7.60 Å². The topological polar surface area (TPSA) is 77.8 Å². The van der Waals surface area contributed by atoms with Crippen LogP contribution in [0.4, 0.5) is 0 Å². The van der Waals surface area contributed by atoms with Gasteiger partial charge in [0.25, 0.3) is 0 Å². The Kier molecular flexibility index (Phi) is 5.81. The molecule has 0 bridgehead atoms. The van der Waals surface area contributed by atoms with E-state index < -0.39 is 13.4 Å². The largest absolute Gasteiger partial charge is 0.380 e. The number of hydrogen-bond acceptors (Lipinski definition) is 2. The number of aliphatic hydroxyl groups excluding tert-OH is 1. The van der Waals surface area contributed by atoms with Crippen molar-refractivity contribution >= 4 is 7.60 Å². The van der Waals surface area contributed by atoms with Crippen molar-refractivity contribution in [2.75, 3.05) is 0 Å². The molecule has 0 aromatic rings. The predicted octanol–water partition coefficient (Wildman–Crippen LogP) is 1.70. The van der Waals surface area contributed by atoms with Crippen molar-refractivity contribution in [3.05, 3.63) is 0 Å². The molecule has 0 spiro atoms. The van der Waals surface area contributed by atoms with Crippen molar-refractivity contribution in [1.82, 2.24) is 0 Å². The van der Waals surface area contributed by atoms with Crippen molar-refractivity contribution in [2.45, 2.75) is 45.4 Å². The summed E-state index contributed by atoms with van der Waals surface area (Å²) >= 11 is 0. The van der Waals surface area contributed by atoms with Gasteiger partial charge in [-0.05, 0) is 12.3 Å². The first kappa shape index (κ1) is 13.1. The second-order valence-electron chi connectivity index (χ2n) is 3.31. The molecule has 0 heterocycles. The number of unbranched alkanes of at least 4 members (excludes halogenated alkanes) is 1. The van der Waals surface area contributed by atoms with Crippen LogP contribution in [0.2, 0.25) is 0 Å². The van der Waals surface area contributed by atoms with E-state index in [2.05, 4.69) is 0 Å². The van der Waals surface area contributed by atoms with E-state index in [1.807, 2.05) is 13.8 Å². The van der Waals surface area contributed by atoms with Gasteiger partial charge in [-0.3, -0.25) is 4.57 Å². The van der Waals surface area contributed by atoms with Crippen LogP contribution in [0.3, 0.4) is 0 Å². The highest BCUT2D eigenvalue weighted by atomic mass is 31.2. The third kappa shape index (κ3) is 4.77. The average molecular weight is 210 g/mol. The Morgan fingerprint density at radius 1 is 1.31 bits per heavy atom. The van der Waals surface area contributed by atoms with Gasteiger partial charge in [-0.15, -0.1) is 0 Å². The number of rotatable bonds is 6. The van der Waals surface area contributed by atoms with Crippen LogP contribution < -0.4 is 0 Å². The number of aliphatic hydroxyl groups is 1. The fraction of sp³-hybridized carbons (Fsp3) is 1.00. The van der Waals surface area contributed by atoms with Crippen LogP contribution in [0.25, 0.3) is 0 Å². The zero-order chi connectivity index (χ0) is 10.5. The molecule has 0 aliphatic rings. The summed E-state index contributed by atoms with van der Waals surface area (Å²) in [7, 11) is -4.31. The first-order chi connectivity index (χ1) is 5.93. The smallest absolute Gasteiger partial charge is 0.354 e. The van der Waals surface area contributed by atoms with E-state index in [4.69, 9.17) is 9.79 Å². The molecule has 0 aliphatic heterocycles. The highest BCUT2D eigenvalue weighted by Crippen LogP contribution is 2.45. The summed E-state index contributed by atoms with van der Waals surface area (Å²) in [5.74, 6) is -1.76. The quantitative estimate of drug-likeness (QED) is 0.583. The molecule has 0 radical (unpaired) electrons. The van der Waals surface area contributed by atoms with Gasteiger partial charge < -0.3 is 14.9 Å². The van der Waals surface area contributed by atoms with E-state index in [9.17, 15) is 9.67 Å². The molecule has 4 nitrogen and oxygen atoms in total. The Balaban J connectivity index is 4.15. The Bertz CT molecular complexity index is 177. The van der Waals surface area contributed by atoms with Crippen molar-refractivity contribution in [3.63, 3.8) is 0 Å². The molecule has 0 unspecified atom stereocenters. The van der Waals surface area contributed by atoms with Gasteiger partial charge in [0.05, 0.1) is 0 Å². The van der Waals surface area contributed by atoms with E-state index in [1.165, 1.54) is 0 Å². The molecule has 0 saturated heterocycles. The minimum Gasteiger partial charge on any atom is -0.380 e. The van der Waals surface area contributed by atoms with Crippen LogP contribution in [0.5, 0.6) is 0 Å². The van der Waals surface area contributed by atoms with Crippen LogP contribution in [0, 0.1) is 5.92 Å². The van der Waals surface area contributed by atoms with Gasteiger partial charge in [0, 0.05) is 0 Å². The van der Waals surface area contributed by atoms with Crippen LogP contribution in [0.15, 0.2) is 0 Å². The molecule has 3 N–H and O–H groups in total. The molecule has 0 aromatic heterocycles. The van der Waals surface area contributed by atoms with Crippen LogP contribution in [-0.4, -0.2) is 20.7 Å². The minimum absolute atomic E-state index is 0.277. The maximum atomic E-state index is 10.7. The van der Waals surface area contributed by atoms with Gasteiger partial charge in [-0.1, -0.05) is 33.1 Å². The third-order valence-corrected chi connectivity index (χ3v) is 3.33. The molecule has 0 amide bonds. The average Bonchev–Trinajstić information content (AvgIpc) is 2.04. The summed E-state index contributed by atoms with van der Waals surface area (Å²) in [5.41, 5.74) is 0. The lowest BCUT2D eigenvalue weighted by Gasteiger charge is -2.21. The van der Waals surface area contributed by atoms with E-state index in [0.29, 0.717) is 12.8 Å². The van der Waals surface area contributed by atoms with Gasteiger partial charge in [0.1, 0.15) is 0 Å². The van der Waals surface area contributed by atoms with Crippen molar-refractivity contribution < 1.29 is 19.5 Å². The normalized spacial score (nSPS) is 17.0. The van der Waals surface area contributed by atoms with Crippen molar-refractivity contribution in [2.24, 2.45) is 5.92 Å². The molecule has 13 heavy (non-hydrogen) atoms. The first-order valence-corrected chi connectivity index (χ1v) is 6.34. The lowest BCUT2D eigenvalue weighted by atomic mass is 10.0. The predicted molar refractivity (Wildman–Crippen MR) is 51.4 cm³/mol. The molecule has 80 valence electrons. The molecule has 0 aromatic carbocycles. The molecule has 0 aliphatic carbocycles. The second kappa shape index (κ2) is 5.76. The summed E-state index contributed by atoms with van der Waals surface area (Å²) < 4.78 is 10.7. The van der Waals surface area contributed by atoms with E-state index >= 15 is 0 Å². The summed E-state index contributed by atoms with van der Waals surface area (Å²) in [6.45, 7) is 3.84. The molecular weight excluding hydrogens is 191 g/mol. The SMILES string of the molecule is CCCC[C@H](CC)[C@@H](O)P(=O)(O)O. The molecule has 0 rings (SSSR count). The fourth-order valence-corrected chi connectivity index (χ4v) is 2.21. The summed E-state index contributed by atoms with van der Waals surface area (Å²) in [6, 6.07) is 0. The zero-order valence-corrected chi connectivity index (χ0v) is 9.07. The van der Waals surface area contributed by atoms with Crippen molar-refractivity contribution in [1.29, 1.82) is 0 Å². The highest BCUT2D eigenvalue weighted by Gasteiger charge is 2.32. The van der Waals surface area contributed by atoms with E-state index in [1.54, 1.807) is 0 Å². The van der Waals surface area contributed by atoms with Crippen molar-refractivity contribution in [3.8, 4) is 0 Å². The minimum atomic E-state index is -4.31. The second-order valence-corrected chi connectivity index (χ2v) is 5.02. The first-order valence-electron chi connectivity index (χ1n) is 4.66. The van der Waals surface area contributed by atoms with Crippen LogP contribution >= 0.6 is 7.60 Å². The van der Waals surface area contributed by atoms with E-state index in [0.717, 1.165) is 12.8 Å². The highest BCUT2D eigenvalue weighted by molar-refractivity contribution is 7.52. The van der Waals surface area contributed by atoms with Gasteiger partial charge in [-0.25, -0.2) is 0 Å². The summed E-state index contributed by atoms with van der Waals surface area (Å²) in [5, 5.41) is 9.31. The molecule has 0 saturated carbocycles. The van der Waals surface area contributed by atoms with Gasteiger partial charge in [-0.2, -0.15) is 0 Å². The lowest BCUT2D eigenvalue weighted by Crippen LogP contribution is -2.19. The lowest BCUT2D eigenvalue weighted by molar-refractivity contribution is 0.136. The van der Waals surface area contributed by atoms with Crippen LogP contribution in [0.1, 0.15) is 39.5 Å². The Morgan fingerprint density at radius 3 is 2.15 bits per heavy atom. The maximum Gasteiger partial charge on any atom is 0.354 e. The summed E-state index contributed by atoms with van der Waals surface area (Å²) in [6.07, 6.45) is 3.16. The summed E-state index contributed by atoms with van der Waals surface area (Å²) in [4.78, 5) is 17.5. The Hall–Kier alpha value is 0.110. The van der Waals surface area contributed by atoms with Gasteiger partial charge in [0.15, 0.2) is 5.85 Å². The standard InChI is InChI=1S/C8H19O4P/c1-3-5-6-7(4-2)8(9)13(10,11)12/h7-9H,3-6H2,1-2H3,(H2,10,11,12)/t7-,8-/m0/s1. The fourth-order valence-electron chi connectivity index (χ4n) is 1.30. The van der Waals surface area contributed by atoms with E-state index in [-0.39, 0.29) is 5.92 Å². The van der Waals surface area contributed by atoms with Gasteiger partial charge in [0.2, 0.25) is 0 Å². The molecular formula is C8H19O4P. The maximum absolute atomic E-state index is 10.7. The molecule has 5 heteroatoms. The monoisotopic (exact) mass is 210 g/mol. The Labute approximate surface area is 79.1 Å². The Morgan fingerprint density at radius 2 is 1.85 bits per heavy atom. The molecule has 0 fully saturated rings. The zero-order valence-electron chi connectivity index (χ0n) is 8.18. The number of hydrogen-bond donors (Lipinski definition) is 3. The van der Waals surface area contributed by atoms with Crippen LogP contribution in [-0.2, 0) is 4.57 Å². The third-order valence-electron chi connectivity index (χ3n) is 2.22.